The fraction of sp³-hybridized carbons (Fsp3) is 0.500. The molecule has 0 aliphatic rings. The molecule has 0 aromatic heterocycles. The largest absolute Gasteiger partial charge is 0.381 e. The molecule has 0 amide bonds. The Hall–Kier alpha value is -0.900. The molecule has 1 atom stereocenters. The number of ether oxygens (including phenoxy) is 2. The van der Waals surface area contributed by atoms with E-state index in [0.29, 0.717) is 6.61 Å². The quantitative estimate of drug-likeness (QED) is 0.774. The van der Waals surface area contributed by atoms with E-state index in [1.807, 2.05) is 37.3 Å². The maximum absolute atomic E-state index is 10.4. The molecule has 0 bridgehead atoms. The summed E-state index contributed by atoms with van der Waals surface area (Å²) < 4.78 is 10.3. The first kappa shape index (κ1) is 12.2. The lowest BCUT2D eigenvalue weighted by Crippen LogP contribution is -2.36. The number of benzene rings is 1. The number of hydrogen-bond donors (Lipinski definition) is 1. The van der Waals surface area contributed by atoms with Crippen LogP contribution < -0.4 is 0 Å². The number of rotatable bonds is 6. The van der Waals surface area contributed by atoms with Gasteiger partial charge in [0, 0.05) is 13.7 Å². The van der Waals surface area contributed by atoms with E-state index in [1.54, 1.807) is 7.11 Å². The van der Waals surface area contributed by atoms with E-state index in [4.69, 9.17) is 9.47 Å². The maximum atomic E-state index is 10.4. The first-order chi connectivity index (χ1) is 7.23. The Morgan fingerprint density at radius 3 is 2.40 bits per heavy atom. The van der Waals surface area contributed by atoms with Crippen LogP contribution in [0.3, 0.4) is 0 Å². The molecule has 1 N–H and O–H groups in total. The molecule has 0 radical (unpaired) electrons. The highest BCUT2D eigenvalue weighted by molar-refractivity contribution is 5.22. The summed E-state index contributed by atoms with van der Waals surface area (Å²) in [7, 11) is 1.57. The maximum Gasteiger partial charge on any atom is 0.136 e. The molecular weight excluding hydrogens is 192 g/mol. The summed E-state index contributed by atoms with van der Waals surface area (Å²) in [6.45, 7) is 2.97. The first-order valence-corrected chi connectivity index (χ1v) is 5.07. The molecular formula is C12H18O3. The summed E-state index contributed by atoms with van der Waals surface area (Å²) in [5, 5.41) is 10.4. The average molecular weight is 210 g/mol. The van der Waals surface area contributed by atoms with Gasteiger partial charge in [0.25, 0.3) is 0 Å². The molecule has 1 unspecified atom stereocenters. The van der Waals surface area contributed by atoms with Crippen LogP contribution in [-0.4, -0.2) is 32.0 Å². The van der Waals surface area contributed by atoms with Crippen molar-refractivity contribution in [2.75, 3.05) is 26.9 Å². The van der Waals surface area contributed by atoms with Gasteiger partial charge in [0.1, 0.15) is 5.60 Å². The van der Waals surface area contributed by atoms with Gasteiger partial charge in [-0.25, -0.2) is 0 Å². The Balaban J connectivity index is 2.80. The van der Waals surface area contributed by atoms with Gasteiger partial charge in [0.15, 0.2) is 0 Å². The lowest BCUT2D eigenvalue weighted by atomic mass is 9.96. The van der Waals surface area contributed by atoms with Crippen LogP contribution in [0, 0.1) is 0 Å². The first-order valence-electron chi connectivity index (χ1n) is 5.07. The predicted octanol–water partition coefficient (Wildman–Crippen LogP) is 1.56. The van der Waals surface area contributed by atoms with E-state index < -0.39 is 5.60 Å². The highest BCUT2D eigenvalue weighted by atomic mass is 16.5. The van der Waals surface area contributed by atoms with Crippen molar-refractivity contribution in [1.29, 1.82) is 0 Å². The van der Waals surface area contributed by atoms with Crippen molar-refractivity contribution in [1.82, 2.24) is 0 Å². The summed E-state index contributed by atoms with van der Waals surface area (Å²) in [6.07, 6.45) is 0. The third-order valence-corrected chi connectivity index (χ3v) is 2.24. The van der Waals surface area contributed by atoms with Gasteiger partial charge < -0.3 is 14.6 Å². The molecule has 0 aliphatic carbocycles. The molecule has 0 saturated heterocycles. The smallest absolute Gasteiger partial charge is 0.136 e. The van der Waals surface area contributed by atoms with Crippen LogP contribution in [0.1, 0.15) is 12.5 Å². The summed E-state index contributed by atoms with van der Waals surface area (Å²) >= 11 is 0. The summed E-state index contributed by atoms with van der Waals surface area (Å²) in [5.41, 5.74) is -0.230. The van der Waals surface area contributed by atoms with Crippen LogP contribution in [0.5, 0.6) is 0 Å². The zero-order valence-corrected chi connectivity index (χ0v) is 9.27. The second-order valence-corrected chi connectivity index (χ2v) is 3.47. The topological polar surface area (TPSA) is 38.7 Å². The van der Waals surface area contributed by atoms with Crippen molar-refractivity contribution >= 4 is 0 Å². The number of hydrogen-bond acceptors (Lipinski definition) is 3. The van der Waals surface area contributed by atoms with Crippen LogP contribution in [0.2, 0.25) is 0 Å². The average Bonchev–Trinajstić information content (AvgIpc) is 2.28. The van der Waals surface area contributed by atoms with Gasteiger partial charge in [-0.1, -0.05) is 30.3 Å². The molecule has 0 saturated carbocycles. The van der Waals surface area contributed by atoms with E-state index in [9.17, 15) is 5.11 Å². The lowest BCUT2D eigenvalue weighted by Gasteiger charge is -2.27. The molecule has 1 aromatic rings. The van der Waals surface area contributed by atoms with Crippen molar-refractivity contribution in [3.63, 3.8) is 0 Å². The highest BCUT2D eigenvalue weighted by Gasteiger charge is 2.29. The van der Waals surface area contributed by atoms with E-state index in [-0.39, 0.29) is 13.2 Å². The Kier molecular flexibility index (Phi) is 4.75. The van der Waals surface area contributed by atoms with Gasteiger partial charge in [-0.05, 0) is 12.5 Å². The molecule has 1 rings (SSSR count). The van der Waals surface area contributed by atoms with E-state index in [0.717, 1.165) is 5.56 Å². The van der Waals surface area contributed by atoms with Crippen LogP contribution in [0.15, 0.2) is 30.3 Å². The van der Waals surface area contributed by atoms with E-state index >= 15 is 0 Å². The fourth-order valence-electron chi connectivity index (χ4n) is 1.47. The van der Waals surface area contributed by atoms with Gasteiger partial charge in [0.2, 0.25) is 0 Å². The second kappa shape index (κ2) is 5.85. The third kappa shape index (κ3) is 3.30. The molecule has 3 heteroatoms. The zero-order chi connectivity index (χ0) is 11.1. The predicted molar refractivity (Wildman–Crippen MR) is 58.7 cm³/mol. The standard InChI is InChI=1S/C12H18O3/c1-3-15-10-12(13,9-14-2)11-7-5-4-6-8-11/h4-8,13H,3,9-10H2,1-2H3. The molecule has 0 aliphatic heterocycles. The summed E-state index contributed by atoms with van der Waals surface area (Å²) in [6, 6.07) is 9.44. The van der Waals surface area contributed by atoms with Gasteiger partial charge in [-0.3, -0.25) is 0 Å². The molecule has 84 valence electrons. The Labute approximate surface area is 90.6 Å². The van der Waals surface area contributed by atoms with Crippen molar-refractivity contribution in [2.24, 2.45) is 0 Å². The van der Waals surface area contributed by atoms with Gasteiger partial charge >= 0.3 is 0 Å². The second-order valence-electron chi connectivity index (χ2n) is 3.47. The minimum Gasteiger partial charge on any atom is -0.381 e. The molecule has 1 aromatic carbocycles. The van der Waals surface area contributed by atoms with Gasteiger partial charge in [-0.2, -0.15) is 0 Å². The highest BCUT2D eigenvalue weighted by Crippen LogP contribution is 2.21. The van der Waals surface area contributed by atoms with E-state index in [1.165, 1.54) is 0 Å². The monoisotopic (exact) mass is 210 g/mol. The van der Waals surface area contributed by atoms with Crippen molar-refractivity contribution in [2.45, 2.75) is 12.5 Å². The van der Waals surface area contributed by atoms with Crippen molar-refractivity contribution in [3.05, 3.63) is 35.9 Å². The minimum atomic E-state index is -1.05. The number of methoxy groups -OCH3 is 1. The van der Waals surface area contributed by atoms with Gasteiger partial charge in [0.05, 0.1) is 13.2 Å². The third-order valence-electron chi connectivity index (χ3n) is 2.24. The molecule has 0 spiro atoms. The van der Waals surface area contributed by atoms with Crippen LogP contribution in [-0.2, 0) is 15.1 Å². The molecule has 15 heavy (non-hydrogen) atoms. The Morgan fingerprint density at radius 1 is 1.20 bits per heavy atom. The van der Waals surface area contributed by atoms with Gasteiger partial charge in [-0.15, -0.1) is 0 Å². The van der Waals surface area contributed by atoms with Crippen LogP contribution in [0.4, 0.5) is 0 Å². The molecule has 0 heterocycles. The van der Waals surface area contributed by atoms with Crippen LogP contribution >= 0.6 is 0 Å². The SMILES string of the molecule is CCOCC(O)(COC)c1ccccc1. The van der Waals surface area contributed by atoms with Crippen molar-refractivity contribution < 1.29 is 14.6 Å². The molecule has 3 nitrogen and oxygen atoms in total. The number of aliphatic hydroxyl groups is 1. The van der Waals surface area contributed by atoms with Crippen LogP contribution in [0.25, 0.3) is 0 Å². The fourth-order valence-corrected chi connectivity index (χ4v) is 1.47. The molecule has 0 fully saturated rings. The Morgan fingerprint density at radius 2 is 1.87 bits per heavy atom. The normalized spacial score (nSPS) is 14.9. The summed E-state index contributed by atoms with van der Waals surface area (Å²) in [4.78, 5) is 0. The Bertz CT molecular complexity index is 273. The lowest BCUT2D eigenvalue weighted by molar-refractivity contribution is -0.0903. The van der Waals surface area contributed by atoms with Crippen molar-refractivity contribution in [3.8, 4) is 0 Å². The zero-order valence-electron chi connectivity index (χ0n) is 9.27. The minimum absolute atomic E-state index is 0.233. The summed E-state index contributed by atoms with van der Waals surface area (Å²) in [5.74, 6) is 0. The van der Waals surface area contributed by atoms with E-state index in [2.05, 4.69) is 0 Å².